The number of hydrogen-bond acceptors (Lipinski definition) is 7. The lowest BCUT2D eigenvalue weighted by molar-refractivity contribution is -0.101. The molecular weight excluding hydrogens is 472 g/mol. The van der Waals surface area contributed by atoms with Crippen LogP contribution in [0.3, 0.4) is 0 Å². The highest BCUT2D eigenvalue weighted by atomic mass is 35.5. The fourth-order valence-electron chi connectivity index (χ4n) is 4.35. The summed E-state index contributed by atoms with van der Waals surface area (Å²) >= 11 is 6.36. The first-order chi connectivity index (χ1) is 17.1. The van der Waals surface area contributed by atoms with Gasteiger partial charge in [0.1, 0.15) is 18.5 Å². The van der Waals surface area contributed by atoms with Crippen molar-refractivity contribution in [1.29, 1.82) is 0 Å². The number of pyridine rings is 1. The first kappa shape index (κ1) is 23.5. The minimum atomic E-state index is -0.159. The quantitative estimate of drug-likeness (QED) is 0.449. The lowest BCUT2D eigenvalue weighted by Gasteiger charge is -2.23. The molecule has 3 aromatic rings. The Hall–Kier alpha value is -3.27. The van der Waals surface area contributed by atoms with Crippen LogP contribution < -0.4 is 20.1 Å². The highest BCUT2D eigenvalue weighted by molar-refractivity contribution is 6.32. The van der Waals surface area contributed by atoms with Crippen LogP contribution in [0.2, 0.25) is 5.02 Å². The first-order valence-corrected chi connectivity index (χ1v) is 11.8. The second-order valence-corrected chi connectivity index (χ2v) is 8.88. The molecule has 4 heterocycles. The van der Waals surface area contributed by atoms with Crippen LogP contribution in [-0.2, 0) is 9.47 Å². The van der Waals surface area contributed by atoms with Crippen LogP contribution in [0.5, 0.6) is 11.5 Å². The van der Waals surface area contributed by atoms with E-state index in [9.17, 15) is 4.79 Å². The second kappa shape index (κ2) is 10.2. The van der Waals surface area contributed by atoms with Crippen LogP contribution in [0.25, 0.3) is 11.3 Å². The molecule has 0 radical (unpaired) electrons. The standard InChI is InChI=1S/C25H27ClN4O5/c1-14-10-28-25(31)20-21(14)30-22(23(20)29-18-5-3-4-17(26)24(18)32-2)16-6-7-27-11-19(16)35-13-15-12-33-8-9-34-15/h3-7,11,14-15,29-30H,8-10,12-13H2,1-2H3,(H,28,31)/t14-,15+/m1/s1. The van der Waals surface area contributed by atoms with Gasteiger partial charge in [-0.2, -0.15) is 0 Å². The number of carbonyl (C=O) groups excluding carboxylic acids is 1. The summed E-state index contributed by atoms with van der Waals surface area (Å²) < 4.78 is 22.8. The molecule has 2 aliphatic heterocycles. The van der Waals surface area contributed by atoms with Crippen molar-refractivity contribution in [3.05, 3.63) is 52.9 Å². The number of halogens is 1. The fraction of sp³-hybridized carbons (Fsp3) is 0.360. The molecule has 5 rings (SSSR count). The second-order valence-electron chi connectivity index (χ2n) is 8.47. The van der Waals surface area contributed by atoms with Crippen molar-refractivity contribution in [2.75, 3.05) is 45.4 Å². The van der Waals surface area contributed by atoms with Crippen molar-refractivity contribution in [3.63, 3.8) is 0 Å². The van der Waals surface area contributed by atoms with E-state index in [1.165, 1.54) is 0 Å². The Morgan fingerprint density at radius 1 is 1.29 bits per heavy atom. The smallest absolute Gasteiger partial charge is 0.255 e. The van der Waals surface area contributed by atoms with E-state index in [1.54, 1.807) is 25.6 Å². The molecular formula is C25H27ClN4O5. The molecule has 0 aliphatic carbocycles. The van der Waals surface area contributed by atoms with E-state index in [0.29, 0.717) is 72.1 Å². The van der Waals surface area contributed by atoms with E-state index in [2.05, 4.69) is 27.5 Å². The third-order valence-electron chi connectivity index (χ3n) is 6.11. The highest BCUT2D eigenvalue weighted by Gasteiger charge is 2.32. The van der Waals surface area contributed by atoms with Crippen LogP contribution >= 0.6 is 11.6 Å². The summed E-state index contributed by atoms with van der Waals surface area (Å²) in [7, 11) is 1.56. The number of fused-ring (bicyclic) bond motifs is 1. The Labute approximate surface area is 208 Å². The van der Waals surface area contributed by atoms with Gasteiger partial charge in [-0.1, -0.05) is 24.6 Å². The molecule has 1 saturated heterocycles. The predicted molar refractivity (Wildman–Crippen MR) is 132 cm³/mol. The van der Waals surface area contributed by atoms with Crippen LogP contribution in [-0.4, -0.2) is 62.1 Å². The molecule has 9 nitrogen and oxygen atoms in total. The van der Waals surface area contributed by atoms with Gasteiger partial charge in [-0.25, -0.2) is 0 Å². The summed E-state index contributed by atoms with van der Waals surface area (Å²) in [5.41, 5.74) is 4.11. The Morgan fingerprint density at radius 2 is 2.17 bits per heavy atom. The molecule has 1 fully saturated rings. The van der Waals surface area contributed by atoms with Crippen molar-refractivity contribution in [2.45, 2.75) is 18.9 Å². The highest BCUT2D eigenvalue weighted by Crippen LogP contribution is 2.44. The van der Waals surface area contributed by atoms with Gasteiger partial charge in [-0.15, -0.1) is 0 Å². The van der Waals surface area contributed by atoms with Crippen molar-refractivity contribution >= 4 is 28.9 Å². The molecule has 184 valence electrons. The van der Waals surface area contributed by atoms with Crippen LogP contribution in [0, 0.1) is 0 Å². The maximum atomic E-state index is 13.0. The van der Waals surface area contributed by atoms with Gasteiger partial charge in [-0.3, -0.25) is 9.78 Å². The molecule has 0 bridgehead atoms. The Bertz CT molecular complexity index is 1220. The average Bonchev–Trinajstić information content (AvgIpc) is 3.26. The lowest BCUT2D eigenvalue weighted by Crippen LogP contribution is -2.33. The van der Waals surface area contributed by atoms with Gasteiger partial charge in [0.05, 0.1) is 60.8 Å². The lowest BCUT2D eigenvalue weighted by atomic mass is 9.98. The molecule has 1 aromatic carbocycles. The Morgan fingerprint density at radius 3 is 2.97 bits per heavy atom. The van der Waals surface area contributed by atoms with Gasteiger partial charge in [-0.05, 0) is 18.2 Å². The van der Waals surface area contributed by atoms with Crippen molar-refractivity contribution in [3.8, 4) is 22.8 Å². The number of aromatic nitrogens is 2. The zero-order valence-corrected chi connectivity index (χ0v) is 20.3. The first-order valence-electron chi connectivity index (χ1n) is 11.5. The summed E-state index contributed by atoms with van der Waals surface area (Å²) in [5.74, 6) is 0.986. The molecule has 2 aromatic heterocycles. The number of methoxy groups -OCH3 is 1. The monoisotopic (exact) mass is 498 g/mol. The van der Waals surface area contributed by atoms with Crippen molar-refractivity contribution in [2.24, 2.45) is 0 Å². The normalized spacial score (nSPS) is 19.6. The van der Waals surface area contributed by atoms with Crippen LogP contribution in [0.1, 0.15) is 28.9 Å². The fourth-order valence-corrected chi connectivity index (χ4v) is 4.61. The van der Waals surface area contributed by atoms with E-state index in [1.807, 2.05) is 18.2 Å². The van der Waals surface area contributed by atoms with Gasteiger partial charge in [0.15, 0.2) is 5.75 Å². The number of benzene rings is 1. The number of H-pyrrole nitrogens is 1. The van der Waals surface area contributed by atoms with Gasteiger partial charge in [0.25, 0.3) is 5.91 Å². The topological polar surface area (TPSA) is 107 Å². The number of anilines is 2. The van der Waals surface area contributed by atoms with E-state index in [-0.39, 0.29) is 17.9 Å². The van der Waals surface area contributed by atoms with E-state index >= 15 is 0 Å². The molecule has 0 spiro atoms. The van der Waals surface area contributed by atoms with E-state index in [4.69, 9.17) is 30.5 Å². The van der Waals surface area contributed by atoms with Crippen LogP contribution in [0.4, 0.5) is 11.4 Å². The number of hydrogen-bond donors (Lipinski definition) is 3. The summed E-state index contributed by atoms with van der Waals surface area (Å²) in [5, 5.41) is 6.83. The number of carbonyl (C=O) groups is 1. The molecule has 0 unspecified atom stereocenters. The number of nitrogens with zero attached hydrogens (tertiary/aromatic N) is 1. The minimum Gasteiger partial charge on any atom is -0.493 e. The largest absolute Gasteiger partial charge is 0.493 e. The summed E-state index contributed by atoms with van der Waals surface area (Å²) in [6, 6.07) is 7.28. The summed E-state index contributed by atoms with van der Waals surface area (Å²) in [6.07, 6.45) is 3.19. The number of amides is 1. The Kier molecular flexibility index (Phi) is 6.81. The number of rotatable bonds is 7. The third kappa shape index (κ3) is 4.67. The molecule has 3 N–H and O–H groups in total. The summed E-state index contributed by atoms with van der Waals surface area (Å²) in [6.45, 7) is 4.54. The minimum absolute atomic E-state index is 0.0947. The van der Waals surface area contributed by atoms with Gasteiger partial charge in [0.2, 0.25) is 0 Å². The molecule has 2 aliphatic rings. The number of nitrogens with one attached hydrogen (secondary N) is 3. The number of aromatic amines is 1. The van der Waals surface area contributed by atoms with Crippen molar-refractivity contribution < 1.29 is 23.7 Å². The average molecular weight is 499 g/mol. The molecule has 2 atom stereocenters. The zero-order chi connectivity index (χ0) is 24.4. The molecule has 1 amide bonds. The van der Waals surface area contributed by atoms with Crippen molar-refractivity contribution in [1.82, 2.24) is 15.3 Å². The van der Waals surface area contributed by atoms with E-state index < -0.39 is 0 Å². The van der Waals surface area contributed by atoms with Gasteiger partial charge < -0.3 is 34.6 Å². The SMILES string of the molecule is COc1c(Cl)cccc1Nc1c(-c2ccncc2OC[C@@H]2COCCO2)[nH]c2c1C(=O)NC[C@H]2C. The maximum absolute atomic E-state index is 13.0. The maximum Gasteiger partial charge on any atom is 0.255 e. The van der Waals surface area contributed by atoms with Crippen LogP contribution in [0.15, 0.2) is 36.7 Å². The number of para-hydroxylation sites is 1. The summed E-state index contributed by atoms with van der Waals surface area (Å²) in [4.78, 5) is 20.8. The Balaban J connectivity index is 1.58. The predicted octanol–water partition coefficient (Wildman–Crippen LogP) is 4.12. The van der Waals surface area contributed by atoms with Gasteiger partial charge >= 0.3 is 0 Å². The zero-order valence-electron chi connectivity index (χ0n) is 19.5. The third-order valence-corrected chi connectivity index (χ3v) is 6.41. The number of ether oxygens (including phenoxy) is 4. The molecule has 10 heteroatoms. The van der Waals surface area contributed by atoms with E-state index in [0.717, 1.165) is 11.3 Å². The molecule has 35 heavy (non-hydrogen) atoms. The molecule has 0 saturated carbocycles. The van der Waals surface area contributed by atoms with Gasteiger partial charge in [0, 0.05) is 29.9 Å².